The molecular formula is C18H28ClIN4O2. The number of nitrogens with one attached hydrogen (secondary N) is 1. The van der Waals surface area contributed by atoms with Gasteiger partial charge in [0, 0.05) is 38.1 Å². The number of primary amides is 1. The SMILES string of the molecule is CN=C(NCCc1ccc(OC)cc1Cl)N1CCCC(CC(N)=O)C1.I. The molecule has 0 aliphatic carbocycles. The van der Waals surface area contributed by atoms with Crippen LogP contribution in [0, 0.1) is 5.92 Å². The first-order chi connectivity index (χ1) is 12.0. The quantitative estimate of drug-likeness (QED) is 0.362. The molecule has 0 spiro atoms. The predicted octanol–water partition coefficient (Wildman–Crippen LogP) is 2.67. The van der Waals surface area contributed by atoms with Crippen molar-refractivity contribution in [1.82, 2.24) is 10.2 Å². The Hall–Kier alpha value is -1.22. The second-order valence-corrected chi connectivity index (χ2v) is 6.71. The van der Waals surface area contributed by atoms with Gasteiger partial charge in [-0.25, -0.2) is 0 Å². The van der Waals surface area contributed by atoms with Crippen LogP contribution in [0.15, 0.2) is 23.2 Å². The Bertz CT molecular complexity index is 627. The van der Waals surface area contributed by atoms with Gasteiger partial charge in [-0.3, -0.25) is 9.79 Å². The zero-order chi connectivity index (χ0) is 18.2. The van der Waals surface area contributed by atoms with Gasteiger partial charge in [-0.2, -0.15) is 0 Å². The molecule has 0 saturated carbocycles. The van der Waals surface area contributed by atoms with Gasteiger partial charge in [0.05, 0.1) is 7.11 Å². The smallest absolute Gasteiger partial charge is 0.217 e. The van der Waals surface area contributed by atoms with Crippen LogP contribution in [0.3, 0.4) is 0 Å². The van der Waals surface area contributed by atoms with E-state index in [2.05, 4.69) is 15.2 Å². The number of nitrogens with two attached hydrogens (primary N) is 1. The van der Waals surface area contributed by atoms with Crippen molar-refractivity contribution >= 4 is 47.4 Å². The molecule has 1 atom stereocenters. The minimum atomic E-state index is -0.232. The number of methoxy groups -OCH3 is 1. The lowest BCUT2D eigenvalue weighted by Crippen LogP contribution is -2.47. The number of nitrogens with zero attached hydrogens (tertiary/aromatic N) is 2. The van der Waals surface area contributed by atoms with Crippen molar-refractivity contribution in [3.05, 3.63) is 28.8 Å². The number of guanidine groups is 1. The third-order valence-corrected chi connectivity index (χ3v) is 4.81. The molecule has 2 rings (SSSR count). The fourth-order valence-electron chi connectivity index (χ4n) is 3.21. The number of piperidine rings is 1. The number of carbonyl (C=O) groups excluding carboxylic acids is 1. The maximum absolute atomic E-state index is 11.2. The lowest BCUT2D eigenvalue weighted by molar-refractivity contribution is -0.119. The van der Waals surface area contributed by atoms with Crippen LogP contribution in [0.2, 0.25) is 5.02 Å². The average Bonchev–Trinajstić information content (AvgIpc) is 2.59. The van der Waals surface area contributed by atoms with Crippen molar-refractivity contribution in [2.45, 2.75) is 25.7 Å². The Kier molecular flexibility index (Phi) is 10.1. The molecule has 1 heterocycles. The van der Waals surface area contributed by atoms with Crippen LogP contribution in [-0.2, 0) is 11.2 Å². The molecular weight excluding hydrogens is 467 g/mol. The molecule has 1 aromatic rings. The fourth-order valence-corrected chi connectivity index (χ4v) is 3.47. The van der Waals surface area contributed by atoms with Crippen LogP contribution in [0.25, 0.3) is 0 Å². The van der Waals surface area contributed by atoms with Crippen molar-refractivity contribution in [3.8, 4) is 5.75 Å². The van der Waals surface area contributed by atoms with Gasteiger partial charge in [0.2, 0.25) is 5.91 Å². The topological polar surface area (TPSA) is 80.0 Å². The first-order valence-corrected chi connectivity index (χ1v) is 8.97. The third kappa shape index (κ3) is 6.83. The van der Waals surface area contributed by atoms with Gasteiger partial charge >= 0.3 is 0 Å². The molecule has 1 fully saturated rings. The molecule has 1 unspecified atom stereocenters. The van der Waals surface area contributed by atoms with E-state index in [1.165, 1.54) is 0 Å². The highest BCUT2D eigenvalue weighted by atomic mass is 127. The molecule has 1 aromatic carbocycles. The lowest BCUT2D eigenvalue weighted by Gasteiger charge is -2.34. The summed E-state index contributed by atoms with van der Waals surface area (Å²) in [7, 11) is 3.40. The van der Waals surface area contributed by atoms with Crippen molar-refractivity contribution < 1.29 is 9.53 Å². The largest absolute Gasteiger partial charge is 0.497 e. The van der Waals surface area contributed by atoms with Gasteiger partial charge in [0.25, 0.3) is 0 Å². The van der Waals surface area contributed by atoms with E-state index in [0.29, 0.717) is 17.4 Å². The summed E-state index contributed by atoms with van der Waals surface area (Å²) in [5, 5.41) is 4.09. The molecule has 3 N–H and O–H groups in total. The Morgan fingerprint density at radius 2 is 2.27 bits per heavy atom. The van der Waals surface area contributed by atoms with Crippen molar-refractivity contribution in [2.24, 2.45) is 16.6 Å². The number of halogens is 2. The molecule has 1 saturated heterocycles. The van der Waals surface area contributed by atoms with Crippen LogP contribution in [0.4, 0.5) is 0 Å². The van der Waals surface area contributed by atoms with Crippen LogP contribution in [0.1, 0.15) is 24.8 Å². The highest BCUT2D eigenvalue weighted by Gasteiger charge is 2.23. The number of aliphatic imine (C=N–C) groups is 1. The Morgan fingerprint density at radius 1 is 1.50 bits per heavy atom. The molecule has 1 amide bonds. The number of hydrogen-bond donors (Lipinski definition) is 2. The van der Waals surface area contributed by atoms with E-state index in [-0.39, 0.29) is 29.9 Å². The van der Waals surface area contributed by atoms with Gasteiger partial charge in [-0.05, 0) is 42.9 Å². The number of carbonyl (C=O) groups is 1. The standard InChI is InChI=1S/C18H27ClN4O2.HI/c1-21-18(23-9-3-4-13(12-23)10-17(20)24)22-8-7-14-5-6-15(25-2)11-16(14)19;/h5-6,11,13H,3-4,7-10,12H2,1-2H3,(H2,20,24)(H,21,22);1H. The number of rotatable bonds is 6. The molecule has 8 heteroatoms. The monoisotopic (exact) mass is 494 g/mol. The summed E-state index contributed by atoms with van der Waals surface area (Å²) in [5.74, 6) is 1.69. The molecule has 1 aliphatic heterocycles. The first kappa shape index (κ1) is 22.8. The van der Waals surface area contributed by atoms with E-state index in [1.807, 2.05) is 18.2 Å². The minimum absolute atomic E-state index is 0. The number of likely N-dealkylation sites (tertiary alicyclic amines) is 1. The second kappa shape index (κ2) is 11.5. The summed E-state index contributed by atoms with van der Waals surface area (Å²) in [6, 6.07) is 5.72. The van der Waals surface area contributed by atoms with Gasteiger partial charge < -0.3 is 20.7 Å². The minimum Gasteiger partial charge on any atom is -0.497 e. The molecule has 6 nitrogen and oxygen atoms in total. The number of amides is 1. The molecule has 0 radical (unpaired) electrons. The van der Waals surface area contributed by atoms with Gasteiger partial charge in [0.1, 0.15) is 5.75 Å². The fraction of sp³-hybridized carbons (Fsp3) is 0.556. The second-order valence-electron chi connectivity index (χ2n) is 6.31. The van der Waals surface area contributed by atoms with Crippen molar-refractivity contribution in [3.63, 3.8) is 0 Å². The van der Waals surface area contributed by atoms with E-state index in [9.17, 15) is 4.79 Å². The van der Waals surface area contributed by atoms with E-state index in [1.54, 1.807) is 14.2 Å². The highest BCUT2D eigenvalue weighted by Crippen LogP contribution is 2.23. The summed E-state index contributed by atoms with van der Waals surface area (Å²) in [5.41, 5.74) is 6.40. The van der Waals surface area contributed by atoms with E-state index < -0.39 is 0 Å². The molecule has 0 bridgehead atoms. The Morgan fingerprint density at radius 3 is 2.88 bits per heavy atom. The molecule has 146 valence electrons. The van der Waals surface area contributed by atoms with Gasteiger partial charge in [-0.15, -0.1) is 24.0 Å². The van der Waals surface area contributed by atoms with Crippen LogP contribution in [-0.4, -0.2) is 50.6 Å². The van der Waals surface area contributed by atoms with Crippen LogP contribution in [0.5, 0.6) is 5.75 Å². The first-order valence-electron chi connectivity index (χ1n) is 8.59. The maximum atomic E-state index is 11.2. The predicted molar refractivity (Wildman–Crippen MR) is 117 cm³/mol. The summed E-state index contributed by atoms with van der Waals surface area (Å²) < 4.78 is 5.17. The van der Waals surface area contributed by atoms with E-state index >= 15 is 0 Å². The molecule has 26 heavy (non-hydrogen) atoms. The Labute approximate surface area is 177 Å². The number of hydrogen-bond acceptors (Lipinski definition) is 3. The van der Waals surface area contributed by atoms with Gasteiger partial charge in [-0.1, -0.05) is 17.7 Å². The molecule has 1 aliphatic rings. The number of benzene rings is 1. The normalized spacial score (nSPS) is 17.4. The average molecular weight is 495 g/mol. The van der Waals surface area contributed by atoms with Crippen LogP contribution < -0.4 is 15.8 Å². The zero-order valence-electron chi connectivity index (χ0n) is 15.3. The summed E-state index contributed by atoms with van der Waals surface area (Å²) in [6.07, 6.45) is 3.32. The highest BCUT2D eigenvalue weighted by molar-refractivity contribution is 14.0. The molecule has 0 aromatic heterocycles. The van der Waals surface area contributed by atoms with Crippen molar-refractivity contribution in [1.29, 1.82) is 0 Å². The van der Waals surface area contributed by atoms with E-state index in [0.717, 1.165) is 56.2 Å². The summed E-state index contributed by atoms with van der Waals surface area (Å²) in [6.45, 7) is 2.49. The third-order valence-electron chi connectivity index (χ3n) is 4.46. The van der Waals surface area contributed by atoms with E-state index in [4.69, 9.17) is 22.1 Å². The lowest BCUT2D eigenvalue weighted by atomic mass is 9.95. The van der Waals surface area contributed by atoms with Gasteiger partial charge in [0.15, 0.2) is 5.96 Å². The zero-order valence-corrected chi connectivity index (χ0v) is 18.4. The van der Waals surface area contributed by atoms with Crippen molar-refractivity contribution in [2.75, 3.05) is 33.8 Å². The maximum Gasteiger partial charge on any atom is 0.217 e. The summed E-state index contributed by atoms with van der Waals surface area (Å²) >= 11 is 6.28. The van der Waals surface area contributed by atoms with Crippen LogP contribution >= 0.6 is 35.6 Å². The number of ether oxygens (including phenoxy) is 1. The Balaban J connectivity index is 0.00000338. The summed E-state index contributed by atoms with van der Waals surface area (Å²) in [4.78, 5) is 17.7.